The number of carbonyl (C=O) groups excluding carboxylic acids is 1. The molecule has 1 fully saturated rings. The Morgan fingerprint density at radius 3 is 3.25 bits per heavy atom. The maximum absolute atomic E-state index is 11.8. The van der Waals surface area contributed by atoms with Crippen molar-refractivity contribution < 1.29 is 9.53 Å². The third kappa shape index (κ3) is 2.68. The van der Waals surface area contributed by atoms with E-state index in [0.29, 0.717) is 16.7 Å². The summed E-state index contributed by atoms with van der Waals surface area (Å²) in [5.74, 6) is -0.141. The van der Waals surface area contributed by atoms with Gasteiger partial charge in [-0.05, 0) is 25.0 Å². The van der Waals surface area contributed by atoms with Gasteiger partial charge >= 0.3 is 0 Å². The smallest absolute Gasteiger partial charge is 0.254 e. The Labute approximate surface area is 99.0 Å². The van der Waals surface area contributed by atoms with Gasteiger partial charge in [0.05, 0.1) is 11.7 Å². The van der Waals surface area contributed by atoms with E-state index < -0.39 is 0 Å². The van der Waals surface area contributed by atoms with Crippen LogP contribution in [0.4, 0.5) is 0 Å². The maximum atomic E-state index is 11.8. The Morgan fingerprint density at radius 1 is 1.69 bits per heavy atom. The molecule has 1 aliphatic heterocycles. The molecule has 4 nitrogen and oxygen atoms in total. The lowest BCUT2D eigenvalue weighted by Crippen LogP contribution is -2.31. The molecule has 5 heteroatoms. The summed E-state index contributed by atoms with van der Waals surface area (Å²) in [5, 5.41) is 2.83. The van der Waals surface area contributed by atoms with Crippen LogP contribution in [-0.2, 0) is 4.74 Å². The topological polar surface area (TPSA) is 54.1 Å². The van der Waals surface area contributed by atoms with Crippen LogP contribution in [0.1, 0.15) is 23.2 Å². The van der Waals surface area contributed by atoms with Gasteiger partial charge in [0.1, 0.15) is 4.64 Å². The molecule has 2 heterocycles. The van der Waals surface area contributed by atoms with Gasteiger partial charge in [-0.2, -0.15) is 0 Å². The van der Waals surface area contributed by atoms with Crippen LogP contribution in [-0.4, -0.2) is 30.1 Å². The Kier molecular flexibility index (Phi) is 3.69. The van der Waals surface area contributed by atoms with Crippen LogP contribution in [0, 0.1) is 4.64 Å². The highest BCUT2D eigenvalue weighted by Gasteiger charge is 2.16. The summed E-state index contributed by atoms with van der Waals surface area (Å²) >= 11 is 5.03. The monoisotopic (exact) mass is 238 g/mol. The average Bonchev–Trinajstić information content (AvgIpc) is 2.79. The zero-order valence-electron chi connectivity index (χ0n) is 8.86. The molecule has 0 aromatic carbocycles. The Hall–Kier alpha value is -1.20. The molecule has 2 rings (SSSR count). The van der Waals surface area contributed by atoms with Crippen molar-refractivity contribution in [3.8, 4) is 0 Å². The molecule has 1 aliphatic rings. The molecule has 1 atom stereocenters. The van der Waals surface area contributed by atoms with E-state index in [9.17, 15) is 4.79 Å². The van der Waals surface area contributed by atoms with E-state index in [1.165, 1.54) is 0 Å². The lowest BCUT2D eigenvalue weighted by atomic mass is 10.2. The van der Waals surface area contributed by atoms with Crippen LogP contribution >= 0.6 is 12.2 Å². The molecule has 2 N–H and O–H groups in total. The first kappa shape index (κ1) is 11.3. The van der Waals surface area contributed by atoms with Gasteiger partial charge in [0.2, 0.25) is 0 Å². The van der Waals surface area contributed by atoms with Crippen molar-refractivity contribution in [1.29, 1.82) is 0 Å². The van der Waals surface area contributed by atoms with Gasteiger partial charge in [-0.1, -0.05) is 12.2 Å². The number of aromatic nitrogens is 1. The van der Waals surface area contributed by atoms with E-state index in [1.807, 2.05) is 0 Å². The van der Waals surface area contributed by atoms with Crippen LogP contribution < -0.4 is 5.32 Å². The summed E-state index contributed by atoms with van der Waals surface area (Å²) in [7, 11) is 0. The van der Waals surface area contributed by atoms with Crippen molar-refractivity contribution in [3.63, 3.8) is 0 Å². The Morgan fingerprint density at radius 2 is 2.56 bits per heavy atom. The van der Waals surface area contributed by atoms with E-state index >= 15 is 0 Å². The minimum Gasteiger partial charge on any atom is -0.376 e. The fourth-order valence-corrected chi connectivity index (χ4v) is 1.94. The van der Waals surface area contributed by atoms with E-state index in [0.717, 1.165) is 19.4 Å². The van der Waals surface area contributed by atoms with Crippen molar-refractivity contribution >= 4 is 18.1 Å². The largest absolute Gasteiger partial charge is 0.376 e. The average molecular weight is 238 g/mol. The van der Waals surface area contributed by atoms with Crippen LogP contribution in [0.25, 0.3) is 0 Å². The molecule has 1 amide bonds. The number of amides is 1. The minimum atomic E-state index is -0.141. The zero-order chi connectivity index (χ0) is 11.4. The van der Waals surface area contributed by atoms with Crippen molar-refractivity contribution in [1.82, 2.24) is 10.3 Å². The summed E-state index contributed by atoms with van der Waals surface area (Å²) in [4.78, 5) is 14.6. The number of carbonyl (C=O) groups is 1. The second-order valence-electron chi connectivity index (χ2n) is 3.76. The van der Waals surface area contributed by atoms with Crippen LogP contribution in [0.15, 0.2) is 18.3 Å². The predicted octanol–water partition coefficient (Wildman–Crippen LogP) is 1.65. The molecule has 1 aromatic rings. The predicted molar refractivity (Wildman–Crippen MR) is 62.9 cm³/mol. The number of aromatic amines is 1. The van der Waals surface area contributed by atoms with Crippen molar-refractivity contribution in [2.75, 3.05) is 13.2 Å². The van der Waals surface area contributed by atoms with Crippen molar-refractivity contribution in [3.05, 3.63) is 28.5 Å². The molecular formula is C11H14N2O2S. The quantitative estimate of drug-likeness (QED) is 0.787. The van der Waals surface area contributed by atoms with Gasteiger partial charge in [-0.3, -0.25) is 4.79 Å². The Bertz CT molecular complexity index is 424. The van der Waals surface area contributed by atoms with Gasteiger partial charge in [0, 0.05) is 19.3 Å². The second kappa shape index (κ2) is 5.23. The van der Waals surface area contributed by atoms with Gasteiger partial charge in [-0.25, -0.2) is 0 Å². The number of pyridine rings is 1. The van der Waals surface area contributed by atoms with E-state index in [2.05, 4.69) is 10.3 Å². The number of nitrogens with one attached hydrogen (secondary N) is 2. The lowest BCUT2D eigenvalue weighted by molar-refractivity contribution is 0.0857. The molecule has 16 heavy (non-hydrogen) atoms. The fourth-order valence-electron chi connectivity index (χ4n) is 1.71. The second-order valence-corrected chi connectivity index (χ2v) is 4.17. The third-order valence-electron chi connectivity index (χ3n) is 2.58. The first-order valence-corrected chi connectivity index (χ1v) is 5.75. The summed E-state index contributed by atoms with van der Waals surface area (Å²) in [6.07, 6.45) is 3.96. The first-order chi connectivity index (χ1) is 7.77. The van der Waals surface area contributed by atoms with Crippen molar-refractivity contribution in [2.45, 2.75) is 18.9 Å². The highest BCUT2D eigenvalue weighted by atomic mass is 32.1. The molecule has 1 unspecified atom stereocenters. The van der Waals surface area contributed by atoms with E-state index in [4.69, 9.17) is 17.0 Å². The third-order valence-corrected chi connectivity index (χ3v) is 2.91. The highest BCUT2D eigenvalue weighted by Crippen LogP contribution is 2.10. The summed E-state index contributed by atoms with van der Waals surface area (Å²) in [5.41, 5.74) is 0.510. The number of ether oxygens (including phenoxy) is 1. The van der Waals surface area contributed by atoms with Crippen LogP contribution in [0.2, 0.25) is 0 Å². The molecular weight excluding hydrogens is 224 g/mol. The highest BCUT2D eigenvalue weighted by molar-refractivity contribution is 7.71. The first-order valence-electron chi connectivity index (χ1n) is 5.35. The van der Waals surface area contributed by atoms with Crippen LogP contribution in [0.5, 0.6) is 0 Å². The van der Waals surface area contributed by atoms with Gasteiger partial charge in [0.25, 0.3) is 5.91 Å². The number of hydrogen-bond donors (Lipinski definition) is 2. The molecule has 1 saturated heterocycles. The van der Waals surface area contributed by atoms with Gasteiger partial charge in [-0.15, -0.1) is 0 Å². The van der Waals surface area contributed by atoms with Crippen LogP contribution in [0.3, 0.4) is 0 Å². The van der Waals surface area contributed by atoms with E-state index in [-0.39, 0.29) is 12.0 Å². The maximum Gasteiger partial charge on any atom is 0.254 e. The molecule has 1 aromatic heterocycles. The minimum absolute atomic E-state index is 0.141. The molecule has 0 aliphatic carbocycles. The normalized spacial score (nSPS) is 19.6. The molecule has 0 spiro atoms. The molecule has 86 valence electrons. The van der Waals surface area contributed by atoms with Gasteiger partial charge < -0.3 is 15.0 Å². The molecule has 0 saturated carbocycles. The fraction of sp³-hybridized carbons (Fsp3) is 0.455. The summed E-state index contributed by atoms with van der Waals surface area (Å²) in [6, 6.07) is 3.47. The molecule has 0 bridgehead atoms. The Balaban J connectivity index is 1.93. The zero-order valence-corrected chi connectivity index (χ0v) is 9.68. The summed E-state index contributed by atoms with van der Waals surface area (Å²) < 4.78 is 5.89. The van der Waals surface area contributed by atoms with Crippen molar-refractivity contribution in [2.24, 2.45) is 0 Å². The lowest BCUT2D eigenvalue weighted by Gasteiger charge is -2.10. The van der Waals surface area contributed by atoms with E-state index in [1.54, 1.807) is 18.3 Å². The summed E-state index contributed by atoms with van der Waals surface area (Å²) in [6.45, 7) is 1.36. The number of rotatable bonds is 3. The molecule has 0 radical (unpaired) electrons. The van der Waals surface area contributed by atoms with Gasteiger partial charge in [0.15, 0.2) is 0 Å². The standard InChI is InChI=1S/C11H14N2O2S/c14-10(9-4-1-5-12-11(9)16)13-7-8-3-2-6-15-8/h1,4-5,8H,2-3,6-7H2,(H,12,16)(H,13,14). The SMILES string of the molecule is O=C(NCC1CCCO1)c1ccc[nH]c1=S. The number of hydrogen-bond acceptors (Lipinski definition) is 3. The number of H-pyrrole nitrogens is 1.